The molecule has 4 rings (SSSR count). The molecular weight excluding hydrogens is 302 g/mol. The highest BCUT2D eigenvalue weighted by molar-refractivity contribution is 5.90. The standard InChI is InChI=1S/C19H17N3O2/c1-24-17-8-10-20-16-12-22(19(23)18(16)17)11-9-14-7-6-13-4-2-3-5-15(13)21-14/h2-8,10,12,23H,9,11H2,1H3. The Hall–Kier alpha value is -3.08. The van der Waals surface area contributed by atoms with Crippen molar-refractivity contribution in [3.8, 4) is 11.6 Å². The Bertz CT molecular complexity index is 1020. The number of para-hydroxylation sites is 1. The summed E-state index contributed by atoms with van der Waals surface area (Å²) in [5, 5.41) is 12.2. The number of hydrogen-bond acceptors (Lipinski definition) is 4. The number of hydrogen-bond donors (Lipinski definition) is 1. The van der Waals surface area contributed by atoms with Crippen LogP contribution in [0.4, 0.5) is 0 Å². The maximum atomic E-state index is 10.5. The number of fused-ring (bicyclic) bond motifs is 2. The minimum absolute atomic E-state index is 0.177. The van der Waals surface area contributed by atoms with Crippen LogP contribution in [0, 0.1) is 0 Å². The number of aromatic nitrogens is 3. The first kappa shape index (κ1) is 14.5. The zero-order chi connectivity index (χ0) is 16.5. The van der Waals surface area contributed by atoms with Gasteiger partial charge in [-0.2, -0.15) is 0 Å². The number of nitrogens with zero attached hydrogens (tertiary/aromatic N) is 3. The average molecular weight is 319 g/mol. The van der Waals surface area contributed by atoms with E-state index in [1.807, 2.05) is 30.5 Å². The molecule has 120 valence electrons. The van der Waals surface area contributed by atoms with E-state index in [1.165, 1.54) is 0 Å². The van der Waals surface area contributed by atoms with E-state index in [1.54, 1.807) is 23.9 Å². The fourth-order valence-corrected chi connectivity index (χ4v) is 2.96. The van der Waals surface area contributed by atoms with Crippen molar-refractivity contribution < 1.29 is 9.84 Å². The van der Waals surface area contributed by atoms with Gasteiger partial charge in [0.2, 0.25) is 5.88 Å². The third-order valence-corrected chi connectivity index (χ3v) is 4.20. The molecule has 4 aromatic rings. The van der Waals surface area contributed by atoms with Crippen LogP contribution in [0.3, 0.4) is 0 Å². The van der Waals surface area contributed by atoms with Crippen LogP contribution < -0.4 is 4.74 Å². The van der Waals surface area contributed by atoms with Gasteiger partial charge in [0, 0.05) is 36.4 Å². The van der Waals surface area contributed by atoms with Crippen LogP contribution in [-0.2, 0) is 13.0 Å². The molecule has 0 saturated carbocycles. The molecular formula is C19H17N3O2. The number of benzene rings is 1. The minimum atomic E-state index is 0.177. The summed E-state index contributed by atoms with van der Waals surface area (Å²) >= 11 is 0. The van der Waals surface area contributed by atoms with Crippen molar-refractivity contribution in [1.82, 2.24) is 14.5 Å². The van der Waals surface area contributed by atoms with Gasteiger partial charge in [-0.3, -0.25) is 9.97 Å². The second-order valence-electron chi connectivity index (χ2n) is 5.66. The lowest BCUT2D eigenvalue weighted by molar-refractivity contribution is 0.405. The quantitative estimate of drug-likeness (QED) is 0.625. The van der Waals surface area contributed by atoms with Crippen molar-refractivity contribution >= 4 is 21.8 Å². The van der Waals surface area contributed by atoms with Crippen LogP contribution in [-0.4, -0.2) is 26.8 Å². The van der Waals surface area contributed by atoms with E-state index in [0.717, 1.165) is 28.5 Å². The van der Waals surface area contributed by atoms with E-state index in [2.05, 4.69) is 22.1 Å². The zero-order valence-corrected chi connectivity index (χ0v) is 13.3. The molecule has 24 heavy (non-hydrogen) atoms. The van der Waals surface area contributed by atoms with Crippen molar-refractivity contribution in [3.05, 3.63) is 60.6 Å². The summed E-state index contributed by atoms with van der Waals surface area (Å²) in [6.45, 7) is 0.622. The van der Waals surface area contributed by atoms with Crippen molar-refractivity contribution in [1.29, 1.82) is 0 Å². The number of rotatable bonds is 4. The van der Waals surface area contributed by atoms with Crippen LogP contribution >= 0.6 is 0 Å². The summed E-state index contributed by atoms with van der Waals surface area (Å²) in [5.41, 5.74) is 2.70. The first-order valence-corrected chi connectivity index (χ1v) is 7.82. The molecule has 0 atom stereocenters. The van der Waals surface area contributed by atoms with E-state index in [0.29, 0.717) is 17.7 Å². The summed E-state index contributed by atoms with van der Waals surface area (Å²) in [5.74, 6) is 0.802. The van der Waals surface area contributed by atoms with Crippen molar-refractivity contribution in [2.24, 2.45) is 0 Å². The summed E-state index contributed by atoms with van der Waals surface area (Å²) in [6, 6.07) is 13.9. The van der Waals surface area contributed by atoms with Crippen LogP contribution in [0.1, 0.15) is 5.69 Å². The molecule has 0 aliphatic heterocycles. The fourth-order valence-electron chi connectivity index (χ4n) is 2.96. The molecule has 1 aromatic carbocycles. The number of aryl methyl sites for hydroxylation is 2. The van der Waals surface area contributed by atoms with Gasteiger partial charge in [-0.1, -0.05) is 24.3 Å². The second kappa shape index (κ2) is 5.85. The van der Waals surface area contributed by atoms with Gasteiger partial charge in [0.25, 0.3) is 0 Å². The van der Waals surface area contributed by atoms with Gasteiger partial charge in [0.15, 0.2) is 0 Å². The van der Waals surface area contributed by atoms with E-state index >= 15 is 0 Å². The predicted octanol–water partition coefficient (Wildman–Crippen LogP) is 3.54. The fraction of sp³-hybridized carbons (Fsp3) is 0.158. The Morgan fingerprint density at radius 2 is 1.96 bits per heavy atom. The van der Waals surface area contributed by atoms with Gasteiger partial charge in [-0.15, -0.1) is 0 Å². The highest BCUT2D eigenvalue weighted by atomic mass is 16.5. The lowest BCUT2D eigenvalue weighted by atomic mass is 10.2. The molecule has 3 heterocycles. The Kier molecular flexibility index (Phi) is 3.54. The lowest BCUT2D eigenvalue weighted by Crippen LogP contribution is -2.01. The van der Waals surface area contributed by atoms with Crippen LogP contribution in [0.5, 0.6) is 11.6 Å². The van der Waals surface area contributed by atoms with E-state index < -0.39 is 0 Å². The van der Waals surface area contributed by atoms with Gasteiger partial charge in [-0.25, -0.2) is 0 Å². The van der Waals surface area contributed by atoms with Gasteiger partial charge in [0.05, 0.1) is 18.1 Å². The Balaban J connectivity index is 1.63. The average Bonchev–Trinajstić information content (AvgIpc) is 2.96. The Morgan fingerprint density at radius 1 is 1.08 bits per heavy atom. The topological polar surface area (TPSA) is 60.2 Å². The molecule has 0 saturated heterocycles. The van der Waals surface area contributed by atoms with Crippen molar-refractivity contribution in [2.45, 2.75) is 13.0 Å². The van der Waals surface area contributed by atoms with E-state index in [9.17, 15) is 5.11 Å². The van der Waals surface area contributed by atoms with Gasteiger partial charge in [0.1, 0.15) is 11.1 Å². The lowest BCUT2D eigenvalue weighted by Gasteiger charge is -2.06. The van der Waals surface area contributed by atoms with Gasteiger partial charge in [-0.05, 0) is 18.2 Å². The molecule has 0 aliphatic rings. The summed E-state index contributed by atoms with van der Waals surface area (Å²) in [4.78, 5) is 8.96. The van der Waals surface area contributed by atoms with Gasteiger partial charge < -0.3 is 14.4 Å². The molecule has 3 aromatic heterocycles. The molecule has 0 radical (unpaired) electrons. The number of methoxy groups -OCH3 is 1. The molecule has 0 amide bonds. The van der Waals surface area contributed by atoms with Crippen LogP contribution in [0.25, 0.3) is 21.8 Å². The molecule has 5 nitrogen and oxygen atoms in total. The molecule has 5 heteroatoms. The Morgan fingerprint density at radius 3 is 2.83 bits per heavy atom. The molecule has 1 N–H and O–H groups in total. The Labute approximate surface area is 139 Å². The molecule has 0 spiro atoms. The van der Waals surface area contributed by atoms with Crippen LogP contribution in [0.15, 0.2) is 54.9 Å². The molecule has 0 bridgehead atoms. The predicted molar refractivity (Wildman–Crippen MR) is 93.4 cm³/mol. The summed E-state index contributed by atoms with van der Waals surface area (Å²) in [7, 11) is 1.59. The third-order valence-electron chi connectivity index (χ3n) is 4.20. The SMILES string of the molecule is COc1ccnc2cn(CCc3ccc4ccccc4n3)c(O)c12. The zero-order valence-electron chi connectivity index (χ0n) is 13.3. The van der Waals surface area contributed by atoms with Gasteiger partial charge >= 0.3 is 0 Å². The number of ether oxygens (including phenoxy) is 1. The van der Waals surface area contributed by atoms with Crippen LogP contribution in [0.2, 0.25) is 0 Å². The smallest absolute Gasteiger partial charge is 0.204 e. The first-order chi connectivity index (χ1) is 11.8. The van der Waals surface area contributed by atoms with Crippen molar-refractivity contribution in [3.63, 3.8) is 0 Å². The van der Waals surface area contributed by atoms with E-state index in [-0.39, 0.29) is 5.88 Å². The number of pyridine rings is 2. The summed E-state index contributed by atoms with van der Waals surface area (Å²) in [6.07, 6.45) is 4.24. The molecule has 0 fully saturated rings. The minimum Gasteiger partial charge on any atom is -0.496 e. The highest BCUT2D eigenvalue weighted by Crippen LogP contribution is 2.33. The second-order valence-corrected chi connectivity index (χ2v) is 5.66. The largest absolute Gasteiger partial charge is 0.496 e. The number of aromatic hydroxyl groups is 1. The normalized spacial score (nSPS) is 11.2. The first-order valence-electron chi connectivity index (χ1n) is 7.82. The third kappa shape index (κ3) is 2.44. The van der Waals surface area contributed by atoms with Crippen molar-refractivity contribution in [2.75, 3.05) is 7.11 Å². The summed E-state index contributed by atoms with van der Waals surface area (Å²) < 4.78 is 7.10. The maximum Gasteiger partial charge on any atom is 0.204 e. The molecule has 0 unspecified atom stereocenters. The maximum absolute atomic E-state index is 10.5. The highest BCUT2D eigenvalue weighted by Gasteiger charge is 2.13. The monoisotopic (exact) mass is 319 g/mol. The molecule has 0 aliphatic carbocycles. The van der Waals surface area contributed by atoms with E-state index in [4.69, 9.17) is 4.74 Å².